The third kappa shape index (κ3) is 3.12. The van der Waals surface area contributed by atoms with Gasteiger partial charge in [-0.05, 0) is 54.7 Å². The molecule has 2 nitrogen and oxygen atoms in total. The van der Waals surface area contributed by atoms with Crippen molar-refractivity contribution in [1.82, 2.24) is 0 Å². The van der Waals surface area contributed by atoms with Crippen LogP contribution in [0.2, 0.25) is 0 Å². The van der Waals surface area contributed by atoms with Crippen molar-refractivity contribution in [2.75, 3.05) is 0 Å². The lowest BCUT2D eigenvalue weighted by Crippen LogP contribution is -2.30. The van der Waals surface area contributed by atoms with Gasteiger partial charge in [0.2, 0.25) is 0 Å². The fraction of sp³-hybridized carbons (Fsp3) is 0.625. The van der Waals surface area contributed by atoms with Crippen molar-refractivity contribution in [3.63, 3.8) is 0 Å². The number of nitrogens with two attached hydrogens (primary N) is 1. The summed E-state index contributed by atoms with van der Waals surface area (Å²) in [6.45, 7) is 4.28. The number of aliphatic hydroxyl groups is 1. The molecule has 0 saturated heterocycles. The number of hydrogen-bond acceptors (Lipinski definition) is 2. The normalized spacial score (nSPS) is 18.5. The fourth-order valence-electron chi connectivity index (χ4n) is 2.86. The molecule has 2 rings (SSSR count). The summed E-state index contributed by atoms with van der Waals surface area (Å²) in [5.74, 6) is 0.521. The minimum atomic E-state index is -0.528. The van der Waals surface area contributed by atoms with Crippen LogP contribution in [-0.4, -0.2) is 11.1 Å². The molecule has 2 atom stereocenters. The monoisotopic (exact) mass is 247 g/mol. The van der Waals surface area contributed by atoms with E-state index in [1.165, 1.54) is 30.4 Å². The van der Waals surface area contributed by atoms with Crippen LogP contribution in [0.15, 0.2) is 18.2 Å². The molecular formula is C16H25NO. The Morgan fingerprint density at radius 1 is 1.17 bits per heavy atom. The van der Waals surface area contributed by atoms with E-state index in [0.717, 1.165) is 18.4 Å². The number of rotatable bonds is 4. The first-order chi connectivity index (χ1) is 8.58. The van der Waals surface area contributed by atoms with Crippen LogP contribution in [0, 0.1) is 5.92 Å². The number of aryl methyl sites for hydroxylation is 2. The lowest BCUT2D eigenvalue weighted by atomic mass is 9.87. The molecule has 18 heavy (non-hydrogen) atoms. The van der Waals surface area contributed by atoms with E-state index in [1.807, 2.05) is 0 Å². The van der Waals surface area contributed by atoms with Crippen molar-refractivity contribution in [3.8, 4) is 0 Å². The minimum Gasteiger partial charge on any atom is -0.387 e. The molecule has 1 aliphatic rings. The van der Waals surface area contributed by atoms with Crippen molar-refractivity contribution in [2.45, 2.75) is 58.1 Å². The molecule has 3 N–H and O–H groups in total. The molecule has 100 valence electrons. The van der Waals surface area contributed by atoms with Crippen molar-refractivity contribution in [1.29, 1.82) is 0 Å². The first kappa shape index (κ1) is 13.6. The van der Waals surface area contributed by atoms with E-state index in [9.17, 15) is 5.11 Å². The lowest BCUT2D eigenvalue weighted by Gasteiger charge is -2.23. The number of aliphatic hydroxyl groups excluding tert-OH is 1. The Morgan fingerprint density at radius 2 is 1.83 bits per heavy atom. The molecule has 2 unspecified atom stereocenters. The second kappa shape index (κ2) is 5.85. The van der Waals surface area contributed by atoms with Crippen LogP contribution in [0.4, 0.5) is 0 Å². The van der Waals surface area contributed by atoms with Gasteiger partial charge < -0.3 is 10.8 Å². The van der Waals surface area contributed by atoms with Gasteiger partial charge in [-0.15, -0.1) is 0 Å². The lowest BCUT2D eigenvalue weighted by molar-refractivity contribution is 0.136. The molecule has 0 saturated carbocycles. The van der Waals surface area contributed by atoms with Crippen molar-refractivity contribution in [3.05, 3.63) is 34.9 Å². The third-order valence-electron chi connectivity index (χ3n) is 3.86. The van der Waals surface area contributed by atoms with E-state index in [0.29, 0.717) is 5.92 Å². The molecule has 0 heterocycles. The molecule has 0 fully saturated rings. The number of fused-ring (bicyclic) bond motifs is 1. The average Bonchev–Trinajstić information content (AvgIpc) is 2.36. The zero-order chi connectivity index (χ0) is 13.1. The van der Waals surface area contributed by atoms with Gasteiger partial charge in [0.15, 0.2) is 0 Å². The summed E-state index contributed by atoms with van der Waals surface area (Å²) in [5, 5.41) is 10.3. The van der Waals surface area contributed by atoms with Gasteiger partial charge in [-0.3, -0.25) is 0 Å². The SMILES string of the molecule is CC(C)CC(N)C(O)c1ccc2c(c1)CCCC2. The van der Waals surface area contributed by atoms with Gasteiger partial charge >= 0.3 is 0 Å². The molecule has 2 heteroatoms. The zero-order valence-corrected chi connectivity index (χ0v) is 11.5. The van der Waals surface area contributed by atoms with E-state index in [2.05, 4.69) is 32.0 Å². The summed E-state index contributed by atoms with van der Waals surface area (Å²) < 4.78 is 0. The standard InChI is InChI=1S/C16H25NO/c1-11(2)9-15(17)16(18)14-8-7-12-5-3-4-6-13(12)10-14/h7-8,10-11,15-16,18H,3-6,9,17H2,1-2H3. The number of hydrogen-bond donors (Lipinski definition) is 2. The molecule has 1 aliphatic carbocycles. The van der Waals surface area contributed by atoms with Crippen LogP contribution in [0.25, 0.3) is 0 Å². The predicted octanol–water partition coefficient (Wildman–Crippen LogP) is 2.97. The molecule has 1 aromatic carbocycles. The van der Waals surface area contributed by atoms with Gasteiger partial charge in [0.25, 0.3) is 0 Å². The highest BCUT2D eigenvalue weighted by atomic mass is 16.3. The second-order valence-corrected chi connectivity index (χ2v) is 5.97. The fourth-order valence-corrected chi connectivity index (χ4v) is 2.86. The van der Waals surface area contributed by atoms with Crippen LogP contribution in [-0.2, 0) is 12.8 Å². The Kier molecular flexibility index (Phi) is 4.41. The van der Waals surface area contributed by atoms with E-state index in [4.69, 9.17) is 5.73 Å². The van der Waals surface area contributed by atoms with Crippen LogP contribution >= 0.6 is 0 Å². The van der Waals surface area contributed by atoms with E-state index < -0.39 is 6.10 Å². The Bertz CT molecular complexity index is 400. The molecule has 0 radical (unpaired) electrons. The third-order valence-corrected chi connectivity index (χ3v) is 3.86. The summed E-state index contributed by atoms with van der Waals surface area (Å²) in [6.07, 6.45) is 5.23. The van der Waals surface area contributed by atoms with Gasteiger partial charge in [0.1, 0.15) is 0 Å². The van der Waals surface area contributed by atoms with Crippen molar-refractivity contribution < 1.29 is 5.11 Å². The Hall–Kier alpha value is -0.860. The van der Waals surface area contributed by atoms with Crippen LogP contribution in [0.5, 0.6) is 0 Å². The van der Waals surface area contributed by atoms with Gasteiger partial charge in [0.05, 0.1) is 6.10 Å². The van der Waals surface area contributed by atoms with Crippen LogP contribution < -0.4 is 5.73 Å². The predicted molar refractivity (Wildman–Crippen MR) is 75.5 cm³/mol. The largest absolute Gasteiger partial charge is 0.387 e. The Labute approximate surface area is 110 Å². The maximum Gasteiger partial charge on any atom is 0.0941 e. The van der Waals surface area contributed by atoms with Crippen molar-refractivity contribution >= 4 is 0 Å². The topological polar surface area (TPSA) is 46.2 Å². The summed E-state index contributed by atoms with van der Waals surface area (Å²) in [5.41, 5.74) is 9.93. The smallest absolute Gasteiger partial charge is 0.0941 e. The average molecular weight is 247 g/mol. The first-order valence-corrected chi connectivity index (χ1v) is 7.13. The van der Waals surface area contributed by atoms with Gasteiger partial charge in [-0.2, -0.15) is 0 Å². The van der Waals surface area contributed by atoms with Crippen LogP contribution in [0.1, 0.15) is 55.9 Å². The highest BCUT2D eigenvalue weighted by molar-refractivity contribution is 5.35. The second-order valence-electron chi connectivity index (χ2n) is 5.97. The highest BCUT2D eigenvalue weighted by Crippen LogP contribution is 2.26. The van der Waals surface area contributed by atoms with E-state index >= 15 is 0 Å². The Morgan fingerprint density at radius 3 is 2.50 bits per heavy atom. The quantitative estimate of drug-likeness (QED) is 0.859. The van der Waals surface area contributed by atoms with E-state index in [-0.39, 0.29) is 6.04 Å². The summed E-state index contributed by atoms with van der Waals surface area (Å²) in [7, 11) is 0. The summed E-state index contributed by atoms with van der Waals surface area (Å²) in [4.78, 5) is 0. The van der Waals surface area contributed by atoms with Gasteiger partial charge in [-0.1, -0.05) is 32.0 Å². The Balaban J connectivity index is 2.12. The van der Waals surface area contributed by atoms with Crippen LogP contribution in [0.3, 0.4) is 0 Å². The van der Waals surface area contributed by atoms with Crippen molar-refractivity contribution in [2.24, 2.45) is 11.7 Å². The maximum absolute atomic E-state index is 10.3. The molecule has 0 aromatic heterocycles. The molecule has 0 aliphatic heterocycles. The van der Waals surface area contributed by atoms with Gasteiger partial charge in [-0.25, -0.2) is 0 Å². The maximum atomic E-state index is 10.3. The van der Waals surface area contributed by atoms with E-state index in [1.54, 1.807) is 0 Å². The number of benzene rings is 1. The zero-order valence-electron chi connectivity index (χ0n) is 11.5. The highest BCUT2D eigenvalue weighted by Gasteiger charge is 2.19. The summed E-state index contributed by atoms with van der Waals surface area (Å²) >= 11 is 0. The van der Waals surface area contributed by atoms with Gasteiger partial charge in [0, 0.05) is 6.04 Å². The summed E-state index contributed by atoms with van der Waals surface area (Å²) in [6, 6.07) is 6.23. The molecule has 0 amide bonds. The molecule has 0 spiro atoms. The minimum absolute atomic E-state index is 0.161. The first-order valence-electron chi connectivity index (χ1n) is 7.13. The molecule has 1 aromatic rings. The molecular weight excluding hydrogens is 222 g/mol. The molecule has 0 bridgehead atoms.